The largest absolute Gasteiger partial charge is 0.312 e. The highest BCUT2D eigenvalue weighted by Gasteiger charge is 2.15. The Kier molecular flexibility index (Phi) is 5.69. The third-order valence-electron chi connectivity index (χ3n) is 3.23. The maximum absolute atomic E-state index is 5.54. The van der Waals surface area contributed by atoms with E-state index >= 15 is 0 Å². The molecule has 0 spiro atoms. The molecule has 0 radical (unpaired) electrons. The molecule has 0 heterocycles. The lowest BCUT2D eigenvalue weighted by Crippen LogP contribution is -2.36. The van der Waals surface area contributed by atoms with E-state index in [9.17, 15) is 0 Å². The number of nitrogens with two attached hydrogens (primary N) is 1. The van der Waals surface area contributed by atoms with Gasteiger partial charge in [-0.1, -0.05) is 39.5 Å². The van der Waals surface area contributed by atoms with Gasteiger partial charge in [0.15, 0.2) is 0 Å². The molecule has 0 aromatic carbocycles. The van der Waals surface area contributed by atoms with Crippen molar-refractivity contribution in [3.8, 4) is 0 Å². The van der Waals surface area contributed by atoms with Gasteiger partial charge in [-0.05, 0) is 19.3 Å². The van der Waals surface area contributed by atoms with Gasteiger partial charge in [0.1, 0.15) is 5.84 Å². The molecule has 0 saturated heterocycles. The summed E-state index contributed by atoms with van der Waals surface area (Å²) in [6, 6.07) is 0.518. The molecule has 1 atom stereocenters. The Balaban J connectivity index is 2.50. The second kappa shape index (κ2) is 6.83. The summed E-state index contributed by atoms with van der Waals surface area (Å²) in [5.74, 6) is 7.02. The molecule has 0 aliphatic heterocycles. The second-order valence-corrected chi connectivity index (χ2v) is 4.64. The predicted octanol–water partition coefficient (Wildman–Crippen LogP) is 2.62. The first-order chi connectivity index (χ1) is 7.27. The van der Waals surface area contributed by atoms with Gasteiger partial charge >= 0.3 is 0 Å². The van der Waals surface area contributed by atoms with Crippen molar-refractivity contribution in [2.45, 2.75) is 64.8 Å². The van der Waals surface area contributed by atoms with Crippen LogP contribution in [0.3, 0.4) is 0 Å². The third kappa shape index (κ3) is 4.20. The SMILES string of the molecule is CCCC(C)C(=NC1CCCCC1)NN. The predicted molar refractivity (Wildman–Crippen MR) is 65.7 cm³/mol. The van der Waals surface area contributed by atoms with Gasteiger partial charge in [-0.3, -0.25) is 4.99 Å². The Labute approximate surface area is 93.5 Å². The molecule has 0 aromatic heterocycles. The maximum atomic E-state index is 5.54. The number of hydrogen-bond donors (Lipinski definition) is 2. The van der Waals surface area contributed by atoms with Crippen molar-refractivity contribution in [1.29, 1.82) is 0 Å². The molecule has 0 amide bonds. The first-order valence-corrected chi connectivity index (χ1v) is 6.32. The highest BCUT2D eigenvalue weighted by molar-refractivity contribution is 5.83. The lowest BCUT2D eigenvalue weighted by molar-refractivity contribution is 0.439. The van der Waals surface area contributed by atoms with Gasteiger partial charge in [0.05, 0.1) is 6.04 Å². The number of nitrogens with zero attached hydrogens (tertiary/aromatic N) is 1. The molecule has 1 fully saturated rings. The summed E-state index contributed by atoms with van der Waals surface area (Å²) in [5, 5.41) is 0. The van der Waals surface area contributed by atoms with E-state index in [1.54, 1.807) is 0 Å². The molecule has 1 rings (SSSR count). The quantitative estimate of drug-likeness (QED) is 0.325. The molecule has 1 unspecified atom stereocenters. The minimum atomic E-state index is 0.474. The van der Waals surface area contributed by atoms with Crippen molar-refractivity contribution in [1.82, 2.24) is 5.43 Å². The molecule has 0 aromatic rings. The zero-order valence-electron chi connectivity index (χ0n) is 10.1. The number of hydrazine groups is 1. The van der Waals surface area contributed by atoms with E-state index in [1.807, 2.05) is 0 Å². The van der Waals surface area contributed by atoms with Crippen molar-refractivity contribution in [3.05, 3.63) is 0 Å². The fourth-order valence-corrected chi connectivity index (χ4v) is 2.28. The minimum absolute atomic E-state index is 0.474. The number of hydrogen-bond acceptors (Lipinski definition) is 2. The molecule has 0 bridgehead atoms. The van der Waals surface area contributed by atoms with E-state index in [2.05, 4.69) is 19.3 Å². The summed E-state index contributed by atoms with van der Waals surface area (Å²) in [7, 11) is 0. The van der Waals surface area contributed by atoms with Crippen LogP contribution in [0.25, 0.3) is 0 Å². The van der Waals surface area contributed by atoms with Crippen LogP contribution in [0.2, 0.25) is 0 Å². The Bertz CT molecular complexity index is 195. The van der Waals surface area contributed by atoms with Crippen molar-refractivity contribution >= 4 is 5.84 Å². The van der Waals surface area contributed by atoms with Gasteiger partial charge in [0.25, 0.3) is 0 Å². The molecule has 1 aliphatic rings. The molecule has 3 nitrogen and oxygen atoms in total. The zero-order valence-corrected chi connectivity index (χ0v) is 10.1. The molecular formula is C12H25N3. The van der Waals surface area contributed by atoms with Crippen LogP contribution in [-0.4, -0.2) is 11.9 Å². The van der Waals surface area contributed by atoms with Crippen molar-refractivity contribution in [3.63, 3.8) is 0 Å². The Hall–Kier alpha value is -0.570. The zero-order chi connectivity index (χ0) is 11.1. The number of amidine groups is 1. The van der Waals surface area contributed by atoms with Crippen LogP contribution >= 0.6 is 0 Å². The fraction of sp³-hybridized carbons (Fsp3) is 0.917. The molecular weight excluding hydrogens is 186 g/mol. The van der Waals surface area contributed by atoms with E-state index in [0.29, 0.717) is 12.0 Å². The van der Waals surface area contributed by atoms with E-state index < -0.39 is 0 Å². The fourth-order valence-electron chi connectivity index (χ4n) is 2.28. The monoisotopic (exact) mass is 211 g/mol. The molecule has 15 heavy (non-hydrogen) atoms. The summed E-state index contributed by atoms with van der Waals surface area (Å²) in [4.78, 5) is 4.75. The standard InChI is InChI=1S/C12H25N3/c1-3-7-10(2)12(15-13)14-11-8-5-4-6-9-11/h10-11H,3-9,13H2,1-2H3,(H,14,15). The van der Waals surface area contributed by atoms with Crippen LogP contribution in [-0.2, 0) is 0 Å². The van der Waals surface area contributed by atoms with Crippen molar-refractivity contribution in [2.24, 2.45) is 16.8 Å². The average molecular weight is 211 g/mol. The van der Waals surface area contributed by atoms with Crippen LogP contribution in [0.5, 0.6) is 0 Å². The number of rotatable bonds is 4. The number of aliphatic imine (C=N–C) groups is 1. The second-order valence-electron chi connectivity index (χ2n) is 4.64. The Morgan fingerprint density at radius 3 is 2.60 bits per heavy atom. The van der Waals surface area contributed by atoms with Gasteiger partial charge in [0.2, 0.25) is 0 Å². The van der Waals surface area contributed by atoms with E-state index in [1.165, 1.54) is 38.5 Å². The smallest absolute Gasteiger partial charge is 0.113 e. The maximum Gasteiger partial charge on any atom is 0.113 e. The van der Waals surface area contributed by atoms with Crippen LogP contribution < -0.4 is 11.3 Å². The van der Waals surface area contributed by atoms with Crippen molar-refractivity contribution < 1.29 is 0 Å². The molecule has 1 saturated carbocycles. The van der Waals surface area contributed by atoms with E-state index in [-0.39, 0.29) is 0 Å². The highest BCUT2D eigenvalue weighted by Crippen LogP contribution is 2.21. The summed E-state index contributed by atoms with van der Waals surface area (Å²) in [5.41, 5.74) is 2.78. The van der Waals surface area contributed by atoms with Crippen LogP contribution in [0.4, 0.5) is 0 Å². The molecule has 3 heteroatoms. The molecule has 1 aliphatic carbocycles. The Morgan fingerprint density at radius 2 is 2.07 bits per heavy atom. The van der Waals surface area contributed by atoms with E-state index in [4.69, 9.17) is 10.8 Å². The summed E-state index contributed by atoms with van der Waals surface area (Å²) in [6.07, 6.45) is 8.86. The lowest BCUT2D eigenvalue weighted by atomic mass is 9.95. The van der Waals surface area contributed by atoms with Gasteiger partial charge < -0.3 is 5.43 Å². The van der Waals surface area contributed by atoms with Gasteiger partial charge in [-0.25, -0.2) is 5.84 Å². The van der Waals surface area contributed by atoms with Crippen LogP contribution in [0.15, 0.2) is 4.99 Å². The Morgan fingerprint density at radius 1 is 1.40 bits per heavy atom. The molecule has 3 N–H and O–H groups in total. The van der Waals surface area contributed by atoms with Crippen LogP contribution in [0.1, 0.15) is 58.8 Å². The third-order valence-corrected chi connectivity index (χ3v) is 3.23. The summed E-state index contributed by atoms with van der Waals surface area (Å²) in [6.45, 7) is 4.40. The van der Waals surface area contributed by atoms with Gasteiger partial charge in [0, 0.05) is 5.92 Å². The molecule has 88 valence electrons. The first kappa shape index (κ1) is 12.5. The van der Waals surface area contributed by atoms with Crippen molar-refractivity contribution in [2.75, 3.05) is 0 Å². The van der Waals surface area contributed by atoms with Crippen LogP contribution in [0, 0.1) is 5.92 Å². The lowest BCUT2D eigenvalue weighted by Gasteiger charge is -2.21. The van der Waals surface area contributed by atoms with Gasteiger partial charge in [-0.2, -0.15) is 0 Å². The highest BCUT2D eigenvalue weighted by atomic mass is 15.3. The normalized spacial score (nSPS) is 21.4. The summed E-state index contributed by atoms with van der Waals surface area (Å²) < 4.78 is 0. The van der Waals surface area contributed by atoms with E-state index in [0.717, 1.165) is 12.3 Å². The number of nitrogens with one attached hydrogen (secondary N) is 1. The van der Waals surface area contributed by atoms with Gasteiger partial charge in [-0.15, -0.1) is 0 Å². The first-order valence-electron chi connectivity index (χ1n) is 6.32. The average Bonchev–Trinajstić information content (AvgIpc) is 2.27. The topological polar surface area (TPSA) is 50.4 Å². The summed E-state index contributed by atoms with van der Waals surface area (Å²) >= 11 is 0. The minimum Gasteiger partial charge on any atom is -0.312 e.